The van der Waals surface area contributed by atoms with Gasteiger partial charge in [-0.2, -0.15) is 0 Å². The van der Waals surface area contributed by atoms with Crippen LogP contribution in [0.25, 0.3) is 6.08 Å². The average molecular weight is 575 g/mol. The van der Waals surface area contributed by atoms with E-state index in [9.17, 15) is 14.4 Å². The van der Waals surface area contributed by atoms with Crippen LogP contribution in [0, 0.1) is 10.8 Å². The minimum Gasteiger partial charge on any atom is -0.352 e. The highest BCUT2D eigenvalue weighted by Gasteiger charge is 2.71. The van der Waals surface area contributed by atoms with Gasteiger partial charge in [0.2, 0.25) is 0 Å². The average Bonchev–Trinajstić information content (AvgIpc) is 3.29. The second-order valence-corrected chi connectivity index (χ2v) is 12.4. The first-order valence-electron chi connectivity index (χ1n) is 12.3. The zero-order valence-electron chi connectivity index (χ0n) is 20.7. The molecule has 186 valence electrons. The van der Waals surface area contributed by atoms with E-state index in [-0.39, 0.29) is 17.3 Å². The molecule has 3 atom stereocenters. The summed E-state index contributed by atoms with van der Waals surface area (Å²) in [6, 6.07) is 18.9. The number of carbonyl (C=O) groups excluding carboxylic acids is 3. The summed E-state index contributed by atoms with van der Waals surface area (Å²) in [5, 5.41) is 0.583. The van der Waals surface area contributed by atoms with E-state index in [2.05, 4.69) is 15.9 Å². The van der Waals surface area contributed by atoms with E-state index in [4.69, 9.17) is 11.6 Å². The number of rotatable bonds is 2. The number of hydrogen-bond donors (Lipinski definition) is 0. The molecule has 6 heteroatoms. The molecule has 3 aromatic carbocycles. The molecule has 6 rings (SSSR count). The van der Waals surface area contributed by atoms with Crippen molar-refractivity contribution in [2.24, 2.45) is 10.8 Å². The molecule has 0 N–H and O–H groups in total. The van der Waals surface area contributed by atoms with Crippen LogP contribution in [0.4, 0.5) is 5.69 Å². The normalized spacial score (nSPS) is 23.3. The van der Waals surface area contributed by atoms with Crippen LogP contribution in [-0.2, 0) is 4.79 Å². The van der Waals surface area contributed by atoms with Gasteiger partial charge in [0, 0.05) is 37.6 Å². The molecule has 3 aromatic rings. The highest BCUT2D eigenvalue weighted by molar-refractivity contribution is 9.10. The van der Waals surface area contributed by atoms with E-state index >= 15 is 0 Å². The van der Waals surface area contributed by atoms with Crippen molar-refractivity contribution in [2.75, 3.05) is 4.90 Å². The van der Waals surface area contributed by atoms with Crippen LogP contribution in [0.3, 0.4) is 0 Å². The number of halogens is 2. The van der Waals surface area contributed by atoms with Gasteiger partial charge in [-0.3, -0.25) is 14.4 Å². The molecule has 0 unspecified atom stereocenters. The molecule has 4 nitrogen and oxygen atoms in total. The van der Waals surface area contributed by atoms with Gasteiger partial charge in [0.05, 0.1) is 12.1 Å². The Morgan fingerprint density at radius 3 is 2.16 bits per heavy atom. The Hall–Kier alpha value is -3.02. The van der Waals surface area contributed by atoms with Gasteiger partial charge in [-0.25, -0.2) is 0 Å². The van der Waals surface area contributed by atoms with Crippen molar-refractivity contribution >= 4 is 56.6 Å². The summed E-state index contributed by atoms with van der Waals surface area (Å²) in [5.74, 6) is -1.14. The predicted molar refractivity (Wildman–Crippen MR) is 149 cm³/mol. The number of benzene rings is 3. The van der Waals surface area contributed by atoms with Crippen LogP contribution in [-0.4, -0.2) is 29.4 Å². The summed E-state index contributed by atoms with van der Waals surface area (Å²) in [7, 11) is 0. The molecular weight excluding hydrogens is 550 g/mol. The number of fused-ring (bicyclic) bond motifs is 5. The highest BCUT2D eigenvalue weighted by atomic mass is 79.9. The third kappa shape index (κ3) is 3.30. The molecule has 2 aliphatic heterocycles. The van der Waals surface area contributed by atoms with Crippen LogP contribution in [0.1, 0.15) is 58.5 Å². The minimum absolute atomic E-state index is 0.0185. The topological polar surface area (TPSA) is 54.5 Å². The van der Waals surface area contributed by atoms with Crippen molar-refractivity contribution in [3.63, 3.8) is 0 Å². The molecule has 1 saturated heterocycles. The first-order valence-corrected chi connectivity index (χ1v) is 13.5. The van der Waals surface area contributed by atoms with Crippen LogP contribution < -0.4 is 4.90 Å². The Labute approximate surface area is 229 Å². The molecule has 1 aliphatic carbocycles. The third-order valence-electron chi connectivity index (χ3n) is 8.00. The van der Waals surface area contributed by atoms with Gasteiger partial charge < -0.3 is 4.90 Å². The summed E-state index contributed by atoms with van der Waals surface area (Å²) in [6.07, 6.45) is 3.85. The molecule has 0 aromatic heterocycles. The van der Waals surface area contributed by atoms with Gasteiger partial charge in [0.15, 0.2) is 17.3 Å². The van der Waals surface area contributed by atoms with Crippen LogP contribution in [0.5, 0.6) is 0 Å². The predicted octanol–water partition coefficient (Wildman–Crippen LogP) is 7.15. The number of hydrogen-bond acceptors (Lipinski definition) is 4. The third-order valence-corrected chi connectivity index (χ3v) is 8.77. The Morgan fingerprint density at radius 1 is 0.946 bits per heavy atom. The standard InChI is InChI=1S/C31H25BrClNO3/c1-30(2,3)29(37)26-25(17-8-11-19(32)12-9-17)31(27(35)21-6-4-5-7-22(21)28(31)36)24-15-10-18-16-20(33)13-14-23(18)34(24)26/h4-16,24-26H,1-3H3/t24-,25+,26-/m0/s1. The summed E-state index contributed by atoms with van der Waals surface area (Å²) < 4.78 is 0.881. The van der Waals surface area contributed by atoms with Gasteiger partial charge in [0.1, 0.15) is 5.41 Å². The van der Waals surface area contributed by atoms with Crippen molar-refractivity contribution < 1.29 is 14.4 Å². The van der Waals surface area contributed by atoms with Gasteiger partial charge in [0.25, 0.3) is 0 Å². The second-order valence-electron chi connectivity index (χ2n) is 11.1. The monoisotopic (exact) mass is 573 g/mol. The quantitative estimate of drug-likeness (QED) is 0.305. The summed E-state index contributed by atoms with van der Waals surface area (Å²) >= 11 is 9.83. The van der Waals surface area contributed by atoms with Crippen molar-refractivity contribution in [3.05, 3.63) is 105 Å². The van der Waals surface area contributed by atoms with E-state index in [1.807, 2.05) is 74.2 Å². The maximum absolute atomic E-state index is 14.5. The molecule has 1 spiro atoms. The molecule has 2 heterocycles. The molecule has 0 bridgehead atoms. The van der Waals surface area contributed by atoms with E-state index in [0.29, 0.717) is 16.1 Å². The number of ketones is 3. The zero-order valence-corrected chi connectivity index (χ0v) is 23.0. The van der Waals surface area contributed by atoms with Crippen molar-refractivity contribution in [1.29, 1.82) is 0 Å². The summed E-state index contributed by atoms with van der Waals surface area (Å²) in [4.78, 5) is 45.4. The fourth-order valence-corrected chi connectivity index (χ4v) is 6.88. The second kappa shape index (κ2) is 8.24. The Morgan fingerprint density at radius 2 is 1.57 bits per heavy atom. The van der Waals surface area contributed by atoms with E-state index in [1.54, 1.807) is 30.3 Å². The molecule has 0 radical (unpaired) electrons. The number of Topliss-reactive ketones (excluding diaryl/α,β-unsaturated/α-hetero) is 3. The Balaban J connectivity index is 1.70. The van der Waals surface area contributed by atoms with Crippen molar-refractivity contribution in [1.82, 2.24) is 0 Å². The lowest BCUT2D eigenvalue weighted by atomic mass is 9.63. The minimum atomic E-state index is -1.48. The van der Waals surface area contributed by atoms with E-state index in [1.165, 1.54) is 0 Å². The molecule has 0 amide bonds. The molecule has 3 aliphatic rings. The van der Waals surface area contributed by atoms with Gasteiger partial charge >= 0.3 is 0 Å². The Kier molecular flexibility index (Phi) is 5.42. The molecule has 37 heavy (non-hydrogen) atoms. The Bertz CT molecular complexity index is 1480. The molecular formula is C31H25BrClNO3. The van der Waals surface area contributed by atoms with Gasteiger partial charge in [-0.1, -0.05) is 96.9 Å². The van der Waals surface area contributed by atoms with Gasteiger partial charge in [-0.15, -0.1) is 0 Å². The SMILES string of the molecule is CC(C)(C)C(=O)[C@@H]1[C@@H](c2ccc(Br)cc2)C2(C(=O)c3ccccc3C2=O)[C@@H]2C=Cc3cc(Cl)ccc3N12. The lowest BCUT2D eigenvalue weighted by Crippen LogP contribution is -2.49. The number of anilines is 1. The fourth-order valence-electron chi connectivity index (χ4n) is 6.43. The summed E-state index contributed by atoms with van der Waals surface area (Å²) in [5.41, 5.74) is 1.12. The lowest BCUT2D eigenvalue weighted by Gasteiger charge is -2.38. The zero-order chi connectivity index (χ0) is 26.3. The smallest absolute Gasteiger partial charge is 0.180 e. The number of carbonyl (C=O) groups is 3. The van der Waals surface area contributed by atoms with Crippen LogP contribution >= 0.6 is 27.5 Å². The van der Waals surface area contributed by atoms with Crippen molar-refractivity contribution in [2.45, 2.75) is 38.8 Å². The maximum atomic E-state index is 14.5. The fraction of sp³-hybridized carbons (Fsp3) is 0.258. The lowest BCUT2D eigenvalue weighted by molar-refractivity contribution is -0.127. The maximum Gasteiger partial charge on any atom is 0.180 e. The molecule has 0 saturated carbocycles. The largest absolute Gasteiger partial charge is 0.352 e. The van der Waals surface area contributed by atoms with Gasteiger partial charge in [-0.05, 0) is 41.5 Å². The van der Waals surface area contributed by atoms with Crippen LogP contribution in [0.2, 0.25) is 5.02 Å². The van der Waals surface area contributed by atoms with Crippen molar-refractivity contribution in [3.8, 4) is 0 Å². The first-order chi connectivity index (χ1) is 17.6. The number of nitrogens with zero attached hydrogens (tertiary/aromatic N) is 1. The summed E-state index contributed by atoms with van der Waals surface area (Å²) in [6.45, 7) is 5.68. The first kappa shape index (κ1) is 24.3. The highest BCUT2D eigenvalue weighted by Crippen LogP contribution is 2.61. The van der Waals surface area contributed by atoms with Crippen LogP contribution in [0.15, 0.2) is 77.3 Å². The molecule has 1 fully saturated rings. The van der Waals surface area contributed by atoms with E-state index in [0.717, 1.165) is 21.3 Å². The van der Waals surface area contributed by atoms with E-state index < -0.39 is 28.8 Å².